The number of anilines is 1. The third kappa shape index (κ3) is 5.03. The third-order valence-electron chi connectivity index (χ3n) is 5.99. The van der Waals surface area contributed by atoms with Crippen molar-refractivity contribution in [1.82, 2.24) is 14.6 Å². The summed E-state index contributed by atoms with van der Waals surface area (Å²) in [6.07, 6.45) is 1.30. The molecule has 4 rings (SSSR count). The molecule has 0 bridgehead atoms. The van der Waals surface area contributed by atoms with Gasteiger partial charge in [0.15, 0.2) is 12.4 Å². The van der Waals surface area contributed by atoms with Gasteiger partial charge in [-0.1, -0.05) is 23.4 Å². The van der Waals surface area contributed by atoms with Gasteiger partial charge in [0, 0.05) is 41.8 Å². The lowest BCUT2D eigenvalue weighted by Gasteiger charge is -2.31. The predicted octanol–water partition coefficient (Wildman–Crippen LogP) is 4.06. The minimum Gasteiger partial charge on any atom is -0.457 e. The maximum atomic E-state index is 12.8. The summed E-state index contributed by atoms with van der Waals surface area (Å²) in [7, 11) is 0. The summed E-state index contributed by atoms with van der Waals surface area (Å²) in [4.78, 5) is 39.7. The first-order valence-electron chi connectivity index (χ1n) is 11.3. The number of aryl methyl sites for hydroxylation is 2. The fraction of sp³-hybridized carbons (Fsp3) is 0.360. The number of esters is 1. The minimum atomic E-state index is -0.466. The van der Waals surface area contributed by atoms with Crippen molar-refractivity contribution in [1.29, 1.82) is 0 Å². The first kappa shape index (κ1) is 23.3. The number of carbonyl (C=O) groups is 3. The van der Waals surface area contributed by atoms with E-state index in [-0.39, 0.29) is 25.0 Å². The number of Topliss-reactive ketones (excluding diaryl/α,β-unsaturated/α-hetero) is 1. The average Bonchev–Trinajstić information content (AvgIpc) is 3.39. The SMILES string of the molecule is Cc1cc(-n2c(C)cc(C(=O)COC(=O)C3CCCN(C(=O)Nc4ccccc4)C3)c2C)no1. The minimum absolute atomic E-state index is 0.254. The topological polar surface area (TPSA) is 107 Å². The summed E-state index contributed by atoms with van der Waals surface area (Å²) in [5.41, 5.74) is 2.70. The first-order valence-corrected chi connectivity index (χ1v) is 11.3. The zero-order valence-electron chi connectivity index (χ0n) is 19.5. The van der Waals surface area contributed by atoms with Crippen molar-refractivity contribution in [2.75, 3.05) is 25.0 Å². The number of aromatic nitrogens is 2. The molecule has 1 aliphatic rings. The molecule has 1 fully saturated rings. The van der Waals surface area contributed by atoms with E-state index in [2.05, 4.69) is 10.5 Å². The number of piperidine rings is 1. The molecular formula is C25H28N4O5. The smallest absolute Gasteiger partial charge is 0.321 e. The number of urea groups is 1. The van der Waals surface area contributed by atoms with Crippen LogP contribution in [0.3, 0.4) is 0 Å². The molecule has 2 amide bonds. The second kappa shape index (κ2) is 9.94. The number of amides is 2. The summed E-state index contributed by atoms with van der Waals surface area (Å²) in [5.74, 6) is 0.0467. The molecule has 2 aromatic heterocycles. The molecular weight excluding hydrogens is 436 g/mol. The Morgan fingerprint density at radius 3 is 2.62 bits per heavy atom. The lowest BCUT2D eigenvalue weighted by atomic mass is 9.98. The molecule has 34 heavy (non-hydrogen) atoms. The zero-order chi connectivity index (χ0) is 24.2. The second-order valence-corrected chi connectivity index (χ2v) is 8.53. The molecule has 178 valence electrons. The summed E-state index contributed by atoms with van der Waals surface area (Å²) in [5, 5.41) is 6.86. The van der Waals surface area contributed by atoms with Crippen molar-refractivity contribution in [3.63, 3.8) is 0 Å². The first-order chi connectivity index (χ1) is 16.3. The number of hydrogen-bond donors (Lipinski definition) is 1. The third-order valence-corrected chi connectivity index (χ3v) is 5.99. The molecule has 0 saturated carbocycles. The molecule has 1 unspecified atom stereocenters. The van der Waals surface area contributed by atoms with Crippen LogP contribution >= 0.6 is 0 Å². The van der Waals surface area contributed by atoms with Crippen LogP contribution in [-0.2, 0) is 9.53 Å². The Morgan fingerprint density at radius 1 is 1.15 bits per heavy atom. The van der Waals surface area contributed by atoms with Crippen molar-refractivity contribution in [3.05, 3.63) is 65.2 Å². The van der Waals surface area contributed by atoms with Crippen molar-refractivity contribution >= 4 is 23.5 Å². The molecule has 3 aromatic rings. The van der Waals surface area contributed by atoms with Gasteiger partial charge < -0.3 is 19.5 Å². The predicted molar refractivity (Wildman–Crippen MR) is 125 cm³/mol. The van der Waals surface area contributed by atoms with Gasteiger partial charge in [-0.05, 0) is 51.8 Å². The van der Waals surface area contributed by atoms with E-state index < -0.39 is 11.9 Å². The Balaban J connectivity index is 1.34. The molecule has 0 aliphatic carbocycles. The number of ketones is 1. The average molecular weight is 465 g/mol. The van der Waals surface area contributed by atoms with Gasteiger partial charge in [0.05, 0.1) is 5.92 Å². The lowest BCUT2D eigenvalue weighted by Crippen LogP contribution is -2.44. The maximum absolute atomic E-state index is 12.8. The van der Waals surface area contributed by atoms with Crippen molar-refractivity contribution < 1.29 is 23.6 Å². The summed E-state index contributed by atoms with van der Waals surface area (Å²) in [6, 6.07) is 12.5. The highest BCUT2D eigenvalue weighted by molar-refractivity contribution is 5.99. The van der Waals surface area contributed by atoms with Gasteiger partial charge in [0.2, 0.25) is 5.78 Å². The molecule has 0 radical (unpaired) electrons. The van der Waals surface area contributed by atoms with Crippen LogP contribution in [0.2, 0.25) is 0 Å². The van der Waals surface area contributed by atoms with E-state index in [0.717, 1.165) is 5.69 Å². The van der Waals surface area contributed by atoms with Crippen LogP contribution in [0.1, 0.15) is 40.3 Å². The number of nitrogens with one attached hydrogen (secondary N) is 1. The van der Waals surface area contributed by atoms with Gasteiger partial charge in [-0.25, -0.2) is 4.79 Å². The Labute approximate surface area is 197 Å². The molecule has 1 N–H and O–H groups in total. The van der Waals surface area contributed by atoms with Crippen LogP contribution in [0.15, 0.2) is 47.0 Å². The largest absolute Gasteiger partial charge is 0.457 e. The van der Waals surface area contributed by atoms with Crippen molar-refractivity contribution in [3.8, 4) is 5.82 Å². The quantitative estimate of drug-likeness (QED) is 0.436. The number of nitrogens with zero attached hydrogens (tertiary/aromatic N) is 3. The van der Waals surface area contributed by atoms with Crippen LogP contribution in [0.4, 0.5) is 10.5 Å². The number of rotatable bonds is 6. The standard InChI is InChI=1S/C25H28N4O5/c1-16-12-21(18(3)29(16)23-13-17(2)34-27-23)22(30)15-33-24(31)19-8-7-11-28(14-19)25(32)26-20-9-5-4-6-10-20/h4-6,9-10,12-13,19H,7-8,11,14-15H2,1-3H3,(H,26,32). The van der Waals surface area contributed by atoms with E-state index in [0.29, 0.717) is 47.9 Å². The molecule has 1 aromatic carbocycles. The molecule has 0 spiro atoms. The van der Waals surface area contributed by atoms with E-state index in [4.69, 9.17) is 9.26 Å². The Morgan fingerprint density at radius 2 is 1.91 bits per heavy atom. The highest BCUT2D eigenvalue weighted by Crippen LogP contribution is 2.22. The van der Waals surface area contributed by atoms with Crippen molar-refractivity contribution in [2.24, 2.45) is 5.92 Å². The number of carbonyl (C=O) groups excluding carboxylic acids is 3. The van der Waals surface area contributed by atoms with Gasteiger partial charge in [0.25, 0.3) is 0 Å². The van der Waals surface area contributed by atoms with E-state index in [1.807, 2.05) is 36.6 Å². The Bertz CT molecular complexity index is 1200. The molecule has 1 aliphatic heterocycles. The van der Waals surface area contributed by atoms with Crippen LogP contribution < -0.4 is 5.32 Å². The van der Waals surface area contributed by atoms with Gasteiger partial charge in [-0.2, -0.15) is 0 Å². The highest BCUT2D eigenvalue weighted by atomic mass is 16.5. The fourth-order valence-corrected chi connectivity index (χ4v) is 4.27. The van der Waals surface area contributed by atoms with Gasteiger partial charge in [-0.3, -0.25) is 14.2 Å². The molecule has 1 atom stereocenters. The van der Waals surface area contributed by atoms with Crippen LogP contribution in [0.25, 0.3) is 5.82 Å². The summed E-state index contributed by atoms with van der Waals surface area (Å²) in [6.45, 7) is 5.95. The van der Waals surface area contributed by atoms with Gasteiger partial charge in [-0.15, -0.1) is 0 Å². The highest BCUT2D eigenvalue weighted by Gasteiger charge is 2.30. The lowest BCUT2D eigenvalue weighted by molar-refractivity contribution is -0.148. The molecule has 3 heterocycles. The van der Waals surface area contributed by atoms with Crippen LogP contribution in [0.5, 0.6) is 0 Å². The fourth-order valence-electron chi connectivity index (χ4n) is 4.27. The van der Waals surface area contributed by atoms with Crippen molar-refractivity contribution in [2.45, 2.75) is 33.6 Å². The van der Waals surface area contributed by atoms with Crippen LogP contribution in [-0.4, -0.2) is 52.1 Å². The summed E-state index contributed by atoms with van der Waals surface area (Å²) >= 11 is 0. The normalized spacial score (nSPS) is 15.7. The van der Waals surface area contributed by atoms with E-state index in [1.165, 1.54) is 0 Å². The maximum Gasteiger partial charge on any atom is 0.321 e. The Hall–Kier alpha value is -3.88. The summed E-state index contributed by atoms with van der Waals surface area (Å²) < 4.78 is 12.3. The van der Waals surface area contributed by atoms with Crippen LogP contribution in [0, 0.1) is 26.7 Å². The number of para-hydroxylation sites is 1. The van der Waals surface area contributed by atoms with Gasteiger partial charge in [0.1, 0.15) is 5.76 Å². The van der Waals surface area contributed by atoms with E-state index >= 15 is 0 Å². The molecule has 9 heteroatoms. The van der Waals surface area contributed by atoms with E-state index in [1.54, 1.807) is 36.1 Å². The number of likely N-dealkylation sites (tertiary alicyclic amines) is 1. The number of ether oxygens (including phenoxy) is 1. The monoisotopic (exact) mass is 464 g/mol. The van der Waals surface area contributed by atoms with Gasteiger partial charge >= 0.3 is 12.0 Å². The zero-order valence-corrected chi connectivity index (χ0v) is 19.5. The molecule has 1 saturated heterocycles. The Kier molecular flexibility index (Phi) is 6.81. The number of hydrogen-bond acceptors (Lipinski definition) is 6. The molecule has 9 nitrogen and oxygen atoms in total. The number of benzene rings is 1. The van der Waals surface area contributed by atoms with E-state index in [9.17, 15) is 14.4 Å². The second-order valence-electron chi connectivity index (χ2n) is 8.53.